The van der Waals surface area contributed by atoms with E-state index in [0.29, 0.717) is 6.42 Å². The number of rotatable bonds is 18. The summed E-state index contributed by atoms with van der Waals surface area (Å²) in [5, 5.41) is 19.9. The quantitative estimate of drug-likeness (QED) is 0.236. The second-order valence-electron chi connectivity index (χ2n) is 6.98. The van der Waals surface area contributed by atoms with Gasteiger partial charge in [0.05, 0.1) is 6.61 Å². The molecule has 0 heterocycles. The number of aliphatic hydroxyl groups excluding tert-OH is 1. The van der Waals surface area contributed by atoms with Gasteiger partial charge in [-0.2, -0.15) is 0 Å². The Kier molecular flexibility index (Phi) is 18.0. The summed E-state index contributed by atoms with van der Waals surface area (Å²) in [7, 11) is 0. The minimum absolute atomic E-state index is 0.305. The van der Waals surface area contributed by atoms with Crippen LogP contribution in [0.15, 0.2) is 24.3 Å². The molecule has 0 saturated heterocycles. The highest BCUT2D eigenvalue weighted by atomic mass is 16.4. The van der Waals surface area contributed by atoms with E-state index in [1.54, 1.807) is 0 Å². The Morgan fingerprint density at radius 2 is 1.41 bits per heavy atom. The molecule has 5 nitrogen and oxygen atoms in total. The Morgan fingerprint density at radius 1 is 0.852 bits per heavy atom. The SMILES string of the molecule is CCCCCC=CCC=CCCCCCCCCC(=O)NC(CO)C(=O)O. The summed E-state index contributed by atoms with van der Waals surface area (Å²) in [6.07, 6.45) is 23.0. The molecule has 27 heavy (non-hydrogen) atoms. The highest BCUT2D eigenvalue weighted by molar-refractivity contribution is 5.83. The number of carboxylic acids is 1. The maximum Gasteiger partial charge on any atom is 0.328 e. The maximum atomic E-state index is 11.6. The summed E-state index contributed by atoms with van der Waals surface area (Å²) in [5.74, 6) is -1.51. The van der Waals surface area contributed by atoms with Gasteiger partial charge in [0.25, 0.3) is 0 Å². The van der Waals surface area contributed by atoms with Gasteiger partial charge in [-0.25, -0.2) is 4.79 Å². The molecule has 0 aliphatic carbocycles. The van der Waals surface area contributed by atoms with Crippen molar-refractivity contribution in [2.24, 2.45) is 0 Å². The van der Waals surface area contributed by atoms with Crippen LogP contribution in [0.1, 0.15) is 90.4 Å². The van der Waals surface area contributed by atoms with Crippen LogP contribution < -0.4 is 5.32 Å². The van der Waals surface area contributed by atoms with Gasteiger partial charge in [-0.3, -0.25) is 4.79 Å². The fourth-order valence-corrected chi connectivity index (χ4v) is 2.73. The summed E-state index contributed by atoms with van der Waals surface area (Å²) >= 11 is 0. The monoisotopic (exact) mass is 381 g/mol. The van der Waals surface area contributed by atoms with E-state index in [0.717, 1.165) is 32.1 Å². The standard InChI is InChI=1S/C22H39NO4/c1-2-3-4-5-6-7-8-9-10-11-12-13-14-15-16-17-18-21(25)23-20(19-24)22(26)27/h6-7,9-10,20,24H,2-5,8,11-19H2,1H3,(H,23,25)(H,26,27). The van der Waals surface area contributed by atoms with Gasteiger partial charge in [0, 0.05) is 6.42 Å². The van der Waals surface area contributed by atoms with Crippen LogP contribution in [0, 0.1) is 0 Å². The van der Waals surface area contributed by atoms with E-state index in [9.17, 15) is 9.59 Å². The number of aliphatic hydroxyl groups is 1. The highest BCUT2D eigenvalue weighted by Crippen LogP contribution is 2.09. The van der Waals surface area contributed by atoms with Gasteiger partial charge in [-0.15, -0.1) is 0 Å². The number of nitrogens with one attached hydrogen (secondary N) is 1. The fraction of sp³-hybridized carbons (Fsp3) is 0.727. The maximum absolute atomic E-state index is 11.6. The summed E-state index contributed by atoms with van der Waals surface area (Å²) < 4.78 is 0. The molecule has 0 radical (unpaired) electrons. The summed E-state index contributed by atoms with van der Waals surface area (Å²) in [4.78, 5) is 22.3. The van der Waals surface area contributed by atoms with Gasteiger partial charge >= 0.3 is 5.97 Å². The first-order valence-corrected chi connectivity index (χ1v) is 10.5. The van der Waals surface area contributed by atoms with Crippen molar-refractivity contribution in [3.63, 3.8) is 0 Å². The largest absolute Gasteiger partial charge is 0.480 e. The lowest BCUT2D eigenvalue weighted by Gasteiger charge is -2.11. The minimum atomic E-state index is -1.21. The minimum Gasteiger partial charge on any atom is -0.480 e. The molecule has 156 valence electrons. The van der Waals surface area contributed by atoms with Gasteiger partial charge in [-0.1, -0.05) is 69.8 Å². The zero-order chi connectivity index (χ0) is 20.2. The van der Waals surface area contributed by atoms with Crippen LogP contribution >= 0.6 is 0 Å². The van der Waals surface area contributed by atoms with Crippen molar-refractivity contribution in [3.8, 4) is 0 Å². The first kappa shape index (κ1) is 25.4. The van der Waals surface area contributed by atoms with Gasteiger partial charge in [0.2, 0.25) is 5.91 Å². The fourth-order valence-electron chi connectivity index (χ4n) is 2.73. The molecule has 0 spiro atoms. The Balaban J connectivity index is 3.41. The molecule has 0 aromatic rings. The number of unbranched alkanes of at least 4 members (excludes halogenated alkanes) is 9. The first-order chi connectivity index (χ1) is 13.1. The third kappa shape index (κ3) is 17.5. The Labute approximate surface area is 164 Å². The van der Waals surface area contributed by atoms with E-state index in [1.165, 1.54) is 44.9 Å². The normalized spacial score (nSPS) is 12.7. The number of carboxylic acid groups (broad SMARTS) is 1. The van der Waals surface area contributed by atoms with Crippen LogP contribution in [0.2, 0.25) is 0 Å². The zero-order valence-corrected chi connectivity index (χ0v) is 17.0. The van der Waals surface area contributed by atoms with Gasteiger partial charge in [-0.05, 0) is 38.5 Å². The Hall–Kier alpha value is -1.62. The second kappa shape index (κ2) is 19.2. The molecule has 0 aromatic carbocycles. The van der Waals surface area contributed by atoms with Crippen LogP contribution in [-0.2, 0) is 9.59 Å². The molecular formula is C22H39NO4. The molecule has 1 unspecified atom stereocenters. The van der Waals surface area contributed by atoms with E-state index < -0.39 is 18.6 Å². The molecule has 5 heteroatoms. The van der Waals surface area contributed by atoms with Crippen molar-refractivity contribution in [1.29, 1.82) is 0 Å². The molecule has 0 aliphatic heterocycles. The first-order valence-electron chi connectivity index (χ1n) is 10.5. The lowest BCUT2D eigenvalue weighted by molar-refractivity contribution is -0.142. The van der Waals surface area contributed by atoms with E-state index in [4.69, 9.17) is 10.2 Å². The van der Waals surface area contributed by atoms with Crippen molar-refractivity contribution in [1.82, 2.24) is 5.32 Å². The molecule has 3 N–H and O–H groups in total. The molecule has 0 aromatic heterocycles. The molecule has 0 aliphatic rings. The van der Waals surface area contributed by atoms with Crippen LogP contribution in [0.4, 0.5) is 0 Å². The van der Waals surface area contributed by atoms with Crippen molar-refractivity contribution in [2.75, 3.05) is 6.61 Å². The molecule has 1 amide bonds. The average Bonchev–Trinajstić information content (AvgIpc) is 2.65. The Morgan fingerprint density at radius 3 is 1.96 bits per heavy atom. The van der Waals surface area contributed by atoms with Crippen LogP contribution in [0.25, 0.3) is 0 Å². The number of hydrogen-bond donors (Lipinski definition) is 3. The second-order valence-corrected chi connectivity index (χ2v) is 6.98. The average molecular weight is 382 g/mol. The number of amides is 1. The predicted molar refractivity (Wildman–Crippen MR) is 111 cm³/mol. The number of allylic oxidation sites excluding steroid dienone is 4. The third-order valence-electron chi connectivity index (χ3n) is 4.42. The zero-order valence-electron chi connectivity index (χ0n) is 17.0. The van der Waals surface area contributed by atoms with E-state index >= 15 is 0 Å². The lowest BCUT2D eigenvalue weighted by Crippen LogP contribution is -2.43. The predicted octanol–water partition coefficient (Wildman–Crippen LogP) is 4.75. The highest BCUT2D eigenvalue weighted by Gasteiger charge is 2.17. The van der Waals surface area contributed by atoms with Crippen LogP contribution in [0.5, 0.6) is 0 Å². The van der Waals surface area contributed by atoms with Gasteiger partial charge in [0.15, 0.2) is 0 Å². The smallest absolute Gasteiger partial charge is 0.328 e. The van der Waals surface area contributed by atoms with Crippen molar-refractivity contribution < 1.29 is 19.8 Å². The molecular weight excluding hydrogens is 342 g/mol. The van der Waals surface area contributed by atoms with Crippen LogP contribution in [0.3, 0.4) is 0 Å². The molecule has 0 saturated carbocycles. The van der Waals surface area contributed by atoms with Crippen molar-refractivity contribution in [2.45, 2.75) is 96.4 Å². The number of carbonyl (C=O) groups excluding carboxylic acids is 1. The number of carbonyl (C=O) groups is 2. The van der Waals surface area contributed by atoms with Gasteiger partial charge < -0.3 is 15.5 Å². The summed E-state index contributed by atoms with van der Waals surface area (Å²) in [6.45, 7) is 1.65. The van der Waals surface area contributed by atoms with Crippen LogP contribution in [-0.4, -0.2) is 34.7 Å². The molecule has 0 bridgehead atoms. The number of hydrogen-bond acceptors (Lipinski definition) is 3. The summed E-state index contributed by atoms with van der Waals surface area (Å²) in [6, 6.07) is -1.19. The third-order valence-corrected chi connectivity index (χ3v) is 4.42. The molecule has 0 rings (SSSR count). The molecule has 0 fully saturated rings. The molecule has 1 atom stereocenters. The van der Waals surface area contributed by atoms with E-state index in [2.05, 4.69) is 36.5 Å². The number of aliphatic carboxylic acids is 1. The van der Waals surface area contributed by atoms with Gasteiger partial charge in [0.1, 0.15) is 6.04 Å². The topological polar surface area (TPSA) is 86.6 Å². The Bertz CT molecular complexity index is 432. The van der Waals surface area contributed by atoms with Crippen molar-refractivity contribution >= 4 is 11.9 Å². The van der Waals surface area contributed by atoms with E-state index in [1.807, 2.05) is 0 Å². The van der Waals surface area contributed by atoms with Crippen molar-refractivity contribution in [3.05, 3.63) is 24.3 Å². The van der Waals surface area contributed by atoms with E-state index in [-0.39, 0.29) is 5.91 Å². The summed E-state index contributed by atoms with van der Waals surface area (Å²) in [5.41, 5.74) is 0. The lowest BCUT2D eigenvalue weighted by atomic mass is 10.1.